The Balaban J connectivity index is 2.21. The maximum Gasteiger partial charge on any atom is 0.245 e. The summed E-state index contributed by atoms with van der Waals surface area (Å²) in [5.74, 6) is -0.928. The number of hydrogen-bond acceptors (Lipinski definition) is 5. The Labute approximate surface area is 157 Å². The lowest BCUT2D eigenvalue weighted by molar-refractivity contribution is -0.117. The van der Waals surface area contributed by atoms with Crippen molar-refractivity contribution < 1.29 is 27.1 Å². The van der Waals surface area contributed by atoms with Gasteiger partial charge in [0.25, 0.3) is 0 Å². The molecule has 9 heteroatoms. The molecule has 0 fully saturated rings. The first-order valence-corrected chi connectivity index (χ1v) is 9.47. The summed E-state index contributed by atoms with van der Waals surface area (Å²) < 4.78 is 50.9. The molecule has 146 valence electrons. The van der Waals surface area contributed by atoms with Gasteiger partial charge in [-0.05, 0) is 49.7 Å². The molecule has 27 heavy (non-hydrogen) atoms. The van der Waals surface area contributed by atoms with Gasteiger partial charge in [0.1, 0.15) is 22.2 Å². The molecule has 0 saturated carbocycles. The second kappa shape index (κ2) is 8.36. The third-order valence-electron chi connectivity index (χ3n) is 3.75. The molecule has 0 aromatic heterocycles. The van der Waals surface area contributed by atoms with Crippen molar-refractivity contribution in [1.82, 2.24) is 4.72 Å². The summed E-state index contributed by atoms with van der Waals surface area (Å²) in [5.41, 5.74) is 1.31. The third-order valence-corrected chi connectivity index (χ3v) is 5.32. The number of sulfonamides is 1. The molecular weight excluding hydrogens is 375 g/mol. The highest BCUT2D eigenvalue weighted by molar-refractivity contribution is 7.89. The Kier molecular flexibility index (Phi) is 6.40. The van der Waals surface area contributed by atoms with E-state index in [0.29, 0.717) is 11.4 Å². The maximum atomic E-state index is 13.5. The summed E-state index contributed by atoms with van der Waals surface area (Å²) in [6, 6.07) is 7.19. The van der Waals surface area contributed by atoms with Crippen LogP contribution in [0.5, 0.6) is 11.5 Å². The lowest BCUT2D eigenvalue weighted by Gasteiger charge is -2.17. The Bertz CT molecular complexity index is 947. The molecule has 1 amide bonds. The molecule has 1 atom stereocenters. The summed E-state index contributed by atoms with van der Waals surface area (Å²) in [7, 11) is -1.46. The highest BCUT2D eigenvalue weighted by atomic mass is 32.2. The fourth-order valence-corrected chi connectivity index (χ4v) is 3.75. The predicted molar refractivity (Wildman–Crippen MR) is 99.1 cm³/mol. The zero-order valence-corrected chi connectivity index (χ0v) is 16.2. The first-order valence-electron chi connectivity index (χ1n) is 7.99. The molecule has 0 radical (unpaired) electrons. The van der Waals surface area contributed by atoms with Gasteiger partial charge in [-0.15, -0.1) is 0 Å². The van der Waals surface area contributed by atoms with Gasteiger partial charge in [-0.3, -0.25) is 4.79 Å². The number of nitrogens with one attached hydrogen (secondary N) is 2. The number of hydrogen-bond donors (Lipinski definition) is 2. The van der Waals surface area contributed by atoms with E-state index in [9.17, 15) is 17.6 Å². The predicted octanol–water partition coefficient (Wildman–Crippen LogP) is 2.46. The second-order valence-corrected chi connectivity index (χ2v) is 7.51. The highest BCUT2D eigenvalue weighted by Crippen LogP contribution is 2.26. The monoisotopic (exact) mass is 396 g/mol. The van der Waals surface area contributed by atoms with E-state index in [1.54, 1.807) is 12.1 Å². The summed E-state index contributed by atoms with van der Waals surface area (Å²) in [5, 5.41) is 2.62. The van der Waals surface area contributed by atoms with Gasteiger partial charge < -0.3 is 14.8 Å². The van der Waals surface area contributed by atoms with Gasteiger partial charge in [-0.25, -0.2) is 12.8 Å². The minimum absolute atomic E-state index is 0.0307. The molecule has 1 unspecified atom stereocenters. The second-order valence-electron chi connectivity index (χ2n) is 5.83. The van der Waals surface area contributed by atoms with Crippen LogP contribution in [0.2, 0.25) is 0 Å². The van der Waals surface area contributed by atoms with Crippen molar-refractivity contribution in [3.8, 4) is 11.5 Å². The third kappa shape index (κ3) is 4.95. The number of carbonyl (C=O) groups excluding carboxylic acids is 1. The van der Waals surface area contributed by atoms with Crippen LogP contribution in [0, 0.1) is 12.7 Å². The smallest absolute Gasteiger partial charge is 0.245 e. The first-order chi connectivity index (χ1) is 12.7. The largest absolute Gasteiger partial charge is 0.495 e. The van der Waals surface area contributed by atoms with Crippen LogP contribution in [0.25, 0.3) is 0 Å². The number of ether oxygens (including phenoxy) is 2. The van der Waals surface area contributed by atoms with Crippen molar-refractivity contribution in [1.29, 1.82) is 0 Å². The molecule has 0 aliphatic carbocycles. The Morgan fingerprint density at radius 2 is 1.70 bits per heavy atom. The average Bonchev–Trinajstić information content (AvgIpc) is 2.61. The van der Waals surface area contributed by atoms with Crippen LogP contribution in [0.3, 0.4) is 0 Å². The maximum absolute atomic E-state index is 13.5. The lowest BCUT2D eigenvalue weighted by atomic mass is 10.2. The standard InChI is InChI=1S/C18H21FN2O5S/c1-11-5-7-15(25-3)14(9-11)20-18(22)12(2)21-27(23,24)17-10-13(19)6-8-16(17)26-4/h5-10,12,21H,1-4H3,(H,20,22). The van der Waals surface area contributed by atoms with E-state index in [-0.39, 0.29) is 5.75 Å². The van der Waals surface area contributed by atoms with E-state index in [2.05, 4.69) is 10.0 Å². The van der Waals surface area contributed by atoms with Crippen LogP contribution in [0.4, 0.5) is 10.1 Å². The number of anilines is 1. The van der Waals surface area contributed by atoms with Crippen LogP contribution in [-0.2, 0) is 14.8 Å². The molecule has 2 N–H and O–H groups in total. The van der Waals surface area contributed by atoms with Gasteiger partial charge in [0.2, 0.25) is 15.9 Å². The van der Waals surface area contributed by atoms with Crippen molar-refractivity contribution in [2.75, 3.05) is 19.5 Å². The highest BCUT2D eigenvalue weighted by Gasteiger charge is 2.26. The number of rotatable bonds is 7. The molecule has 0 heterocycles. The molecule has 2 rings (SSSR count). The Hall–Kier alpha value is -2.65. The normalized spacial score (nSPS) is 12.3. The van der Waals surface area contributed by atoms with Crippen molar-refractivity contribution >= 4 is 21.6 Å². The van der Waals surface area contributed by atoms with E-state index in [1.807, 2.05) is 13.0 Å². The van der Waals surface area contributed by atoms with Crippen LogP contribution < -0.4 is 19.5 Å². The van der Waals surface area contributed by atoms with Crippen LogP contribution in [-0.4, -0.2) is 34.6 Å². The molecular formula is C18H21FN2O5S. The van der Waals surface area contributed by atoms with Gasteiger partial charge in [-0.1, -0.05) is 6.07 Å². The number of methoxy groups -OCH3 is 2. The number of carbonyl (C=O) groups is 1. The van der Waals surface area contributed by atoms with Crippen molar-refractivity contribution in [2.24, 2.45) is 0 Å². The van der Waals surface area contributed by atoms with Gasteiger partial charge in [0, 0.05) is 0 Å². The summed E-state index contributed by atoms with van der Waals surface area (Å²) in [6.45, 7) is 3.22. The van der Waals surface area contributed by atoms with E-state index in [4.69, 9.17) is 9.47 Å². The Morgan fingerprint density at radius 1 is 1.07 bits per heavy atom. The van der Waals surface area contributed by atoms with Gasteiger partial charge in [0.05, 0.1) is 25.9 Å². The van der Waals surface area contributed by atoms with E-state index in [1.165, 1.54) is 27.2 Å². The Morgan fingerprint density at radius 3 is 2.33 bits per heavy atom. The summed E-state index contributed by atoms with van der Waals surface area (Å²) in [4.78, 5) is 12.0. The van der Waals surface area contributed by atoms with Gasteiger partial charge in [-0.2, -0.15) is 4.72 Å². The fourth-order valence-electron chi connectivity index (χ4n) is 2.37. The van der Waals surface area contributed by atoms with Crippen molar-refractivity contribution in [3.05, 3.63) is 47.8 Å². The number of amides is 1. The zero-order chi connectivity index (χ0) is 20.2. The molecule has 0 aliphatic rings. The first kappa shape index (κ1) is 20.7. The number of aryl methyl sites for hydroxylation is 1. The van der Waals surface area contributed by atoms with Gasteiger partial charge >= 0.3 is 0 Å². The molecule has 2 aromatic carbocycles. The van der Waals surface area contributed by atoms with Crippen LogP contribution in [0.1, 0.15) is 12.5 Å². The van der Waals surface area contributed by atoms with E-state index >= 15 is 0 Å². The van der Waals surface area contributed by atoms with Gasteiger partial charge in [0.15, 0.2) is 0 Å². The lowest BCUT2D eigenvalue weighted by Crippen LogP contribution is -2.41. The van der Waals surface area contributed by atoms with Crippen LogP contribution in [0.15, 0.2) is 41.3 Å². The topological polar surface area (TPSA) is 93.7 Å². The SMILES string of the molecule is COc1ccc(C)cc1NC(=O)C(C)NS(=O)(=O)c1cc(F)ccc1OC. The average molecular weight is 396 g/mol. The minimum atomic E-state index is -4.19. The van der Waals surface area contributed by atoms with E-state index in [0.717, 1.165) is 17.7 Å². The van der Waals surface area contributed by atoms with Crippen molar-refractivity contribution in [2.45, 2.75) is 24.8 Å². The van der Waals surface area contributed by atoms with Crippen molar-refractivity contribution in [3.63, 3.8) is 0 Å². The van der Waals surface area contributed by atoms with Crippen LogP contribution >= 0.6 is 0 Å². The molecule has 0 spiro atoms. The molecule has 0 saturated heterocycles. The molecule has 0 aliphatic heterocycles. The molecule has 2 aromatic rings. The molecule has 7 nitrogen and oxygen atoms in total. The summed E-state index contributed by atoms with van der Waals surface area (Å²) >= 11 is 0. The molecule has 0 bridgehead atoms. The van der Waals surface area contributed by atoms with E-state index < -0.39 is 32.7 Å². The zero-order valence-electron chi connectivity index (χ0n) is 15.4. The fraction of sp³-hybridized carbons (Fsp3) is 0.278. The minimum Gasteiger partial charge on any atom is -0.495 e. The number of benzene rings is 2. The number of halogens is 1. The quantitative estimate of drug-likeness (QED) is 0.750. The summed E-state index contributed by atoms with van der Waals surface area (Å²) in [6.07, 6.45) is 0.